The number of hydrogen-bond acceptors (Lipinski definition) is 3. The van der Waals surface area contributed by atoms with Crippen molar-refractivity contribution in [3.05, 3.63) is 0 Å². The zero-order valence-corrected chi connectivity index (χ0v) is 9.46. The maximum absolute atomic E-state index is 12.7. The molecule has 6 heteroatoms. The summed E-state index contributed by atoms with van der Waals surface area (Å²) in [4.78, 5) is 1.39. The summed E-state index contributed by atoms with van der Waals surface area (Å²) >= 11 is 0. The highest BCUT2D eigenvalue weighted by atomic mass is 19.4. The first-order valence-electron chi connectivity index (χ1n) is 5.61. The Morgan fingerprint density at radius 3 is 2.69 bits per heavy atom. The van der Waals surface area contributed by atoms with Crippen LogP contribution in [0.3, 0.4) is 0 Å². The van der Waals surface area contributed by atoms with Crippen molar-refractivity contribution in [2.45, 2.75) is 38.1 Å². The second-order valence-corrected chi connectivity index (χ2v) is 4.01. The van der Waals surface area contributed by atoms with Crippen molar-refractivity contribution in [3.8, 4) is 0 Å². The van der Waals surface area contributed by atoms with E-state index in [1.54, 1.807) is 0 Å². The first-order valence-corrected chi connectivity index (χ1v) is 5.61. The second-order valence-electron chi connectivity index (χ2n) is 4.01. The van der Waals surface area contributed by atoms with E-state index in [2.05, 4.69) is 0 Å². The molecule has 2 unspecified atom stereocenters. The molecule has 96 valence electrons. The molecule has 1 rings (SSSR count). The zero-order valence-electron chi connectivity index (χ0n) is 9.46. The molecule has 0 spiro atoms. The predicted molar refractivity (Wildman–Crippen MR) is 55.1 cm³/mol. The summed E-state index contributed by atoms with van der Waals surface area (Å²) in [7, 11) is 0. The Labute approximate surface area is 93.7 Å². The number of ether oxygens (including phenoxy) is 1. The summed E-state index contributed by atoms with van der Waals surface area (Å²) in [5.74, 6) is 0. The SMILES string of the molecule is CCOC1CCCN(C(CN)C(F)(F)F)C1. The third kappa shape index (κ3) is 3.61. The Bertz CT molecular complexity index is 209. The van der Waals surface area contributed by atoms with Crippen molar-refractivity contribution < 1.29 is 17.9 Å². The lowest BCUT2D eigenvalue weighted by molar-refractivity contribution is -0.188. The molecule has 16 heavy (non-hydrogen) atoms. The van der Waals surface area contributed by atoms with Gasteiger partial charge in [0, 0.05) is 19.7 Å². The van der Waals surface area contributed by atoms with Crippen LogP contribution in [0.2, 0.25) is 0 Å². The van der Waals surface area contributed by atoms with E-state index in [9.17, 15) is 13.2 Å². The number of halogens is 3. The second kappa shape index (κ2) is 5.84. The number of nitrogens with zero attached hydrogens (tertiary/aromatic N) is 1. The minimum absolute atomic E-state index is 0.0878. The fourth-order valence-electron chi connectivity index (χ4n) is 2.11. The summed E-state index contributed by atoms with van der Waals surface area (Å²) in [6.07, 6.45) is -2.77. The molecule has 1 saturated heterocycles. The number of likely N-dealkylation sites (tertiary alicyclic amines) is 1. The number of nitrogens with two attached hydrogens (primary N) is 1. The van der Waals surface area contributed by atoms with Crippen molar-refractivity contribution in [2.24, 2.45) is 5.73 Å². The highest BCUT2D eigenvalue weighted by Crippen LogP contribution is 2.27. The van der Waals surface area contributed by atoms with Crippen LogP contribution in [0.15, 0.2) is 0 Å². The highest BCUT2D eigenvalue weighted by molar-refractivity contribution is 4.84. The molecule has 1 fully saturated rings. The lowest BCUT2D eigenvalue weighted by atomic mass is 10.1. The summed E-state index contributed by atoms with van der Waals surface area (Å²) < 4.78 is 43.3. The zero-order chi connectivity index (χ0) is 12.2. The molecule has 2 atom stereocenters. The van der Waals surface area contributed by atoms with Crippen molar-refractivity contribution in [1.29, 1.82) is 0 Å². The van der Waals surface area contributed by atoms with Crippen LogP contribution in [0, 0.1) is 0 Å². The van der Waals surface area contributed by atoms with Gasteiger partial charge in [-0.3, -0.25) is 4.90 Å². The fourth-order valence-corrected chi connectivity index (χ4v) is 2.11. The van der Waals surface area contributed by atoms with Gasteiger partial charge in [-0.1, -0.05) is 0 Å². The molecule has 0 aromatic rings. The minimum Gasteiger partial charge on any atom is -0.377 e. The molecular formula is C10H19F3N2O. The molecule has 0 aliphatic carbocycles. The van der Waals surface area contributed by atoms with Gasteiger partial charge in [0.1, 0.15) is 6.04 Å². The summed E-state index contributed by atoms with van der Waals surface area (Å²) in [6.45, 7) is 2.78. The lowest BCUT2D eigenvalue weighted by Crippen LogP contribution is -2.54. The monoisotopic (exact) mass is 240 g/mol. The van der Waals surface area contributed by atoms with Crippen LogP contribution in [0.25, 0.3) is 0 Å². The van der Waals surface area contributed by atoms with Gasteiger partial charge in [0.05, 0.1) is 6.10 Å². The third-order valence-electron chi connectivity index (χ3n) is 2.85. The average molecular weight is 240 g/mol. The van der Waals surface area contributed by atoms with Crippen LogP contribution in [0.4, 0.5) is 13.2 Å². The van der Waals surface area contributed by atoms with Crippen molar-refractivity contribution in [1.82, 2.24) is 4.90 Å². The van der Waals surface area contributed by atoms with E-state index in [4.69, 9.17) is 10.5 Å². The van der Waals surface area contributed by atoms with Gasteiger partial charge in [0.15, 0.2) is 0 Å². The van der Waals surface area contributed by atoms with Gasteiger partial charge >= 0.3 is 6.18 Å². The molecule has 0 aromatic heterocycles. The van der Waals surface area contributed by atoms with Crippen LogP contribution in [-0.2, 0) is 4.74 Å². The Morgan fingerprint density at radius 2 is 2.19 bits per heavy atom. The van der Waals surface area contributed by atoms with Crippen LogP contribution in [0.1, 0.15) is 19.8 Å². The third-order valence-corrected chi connectivity index (χ3v) is 2.85. The van der Waals surface area contributed by atoms with Crippen molar-refractivity contribution in [2.75, 3.05) is 26.2 Å². The Balaban J connectivity index is 2.57. The smallest absolute Gasteiger partial charge is 0.377 e. The first kappa shape index (κ1) is 13.7. The number of alkyl halides is 3. The van der Waals surface area contributed by atoms with Crippen molar-refractivity contribution >= 4 is 0 Å². The minimum atomic E-state index is -4.25. The van der Waals surface area contributed by atoms with E-state index in [1.165, 1.54) is 4.90 Å². The van der Waals surface area contributed by atoms with E-state index in [1.807, 2.05) is 6.92 Å². The molecule has 0 amide bonds. The van der Waals surface area contributed by atoms with E-state index in [0.29, 0.717) is 19.7 Å². The maximum atomic E-state index is 12.7. The van der Waals surface area contributed by atoms with Gasteiger partial charge in [-0.05, 0) is 26.3 Å². The van der Waals surface area contributed by atoms with Crippen LogP contribution in [0.5, 0.6) is 0 Å². The van der Waals surface area contributed by atoms with Gasteiger partial charge < -0.3 is 10.5 Å². The normalized spacial score (nSPS) is 25.7. The first-order chi connectivity index (χ1) is 7.49. The number of piperidine rings is 1. The number of rotatable bonds is 4. The van der Waals surface area contributed by atoms with E-state index < -0.39 is 12.2 Å². The fraction of sp³-hybridized carbons (Fsp3) is 1.00. The summed E-state index contributed by atoms with van der Waals surface area (Å²) in [5, 5.41) is 0. The molecule has 1 aliphatic rings. The van der Waals surface area contributed by atoms with E-state index in [0.717, 1.165) is 12.8 Å². The van der Waals surface area contributed by atoms with Crippen LogP contribution < -0.4 is 5.73 Å². The largest absolute Gasteiger partial charge is 0.405 e. The Morgan fingerprint density at radius 1 is 1.50 bits per heavy atom. The molecule has 1 heterocycles. The van der Waals surface area contributed by atoms with Gasteiger partial charge in [0.25, 0.3) is 0 Å². The molecule has 1 aliphatic heterocycles. The molecule has 0 bridgehead atoms. The molecular weight excluding hydrogens is 221 g/mol. The van der Waals surface area contributed by atoms with Crippen molar-refractivity contribution in [3.63, 3.8) is 0 Å². The van der Waals surface area contributed by atoms with Gasteiger partial charge in [-0.25, -0.2) is 0 Å². The van der Waals surface area contributed by atoms with Crippen LogP contribution in [-0.4, -0.2) is 49.5 Å². The van der Waals surface area contributed by atoms with Crippen LogP contribution >= 0.6 is 0 Å². The van der Waals surface area contributed by atoms with Gasteiger partial charge in [-0.15, -0.1) is 0 Å². The predicted octanol–water partition coefficient (Wildman–Crippen LogP) is 1.38. The molecule has 3 nitrogen and oxygen atoms in total. The average Bonchev–Trinajstić information content (AvgIpc) is 2.17. The Kier molecular flexibility index (Phi) is 5.01. The van der Waals surface area contributed by atoms with E-state index >= 15 is 0 Å². The maximum Gasteiger partial charge on any atom is 0.405 e. The molecule has 0 saturated carbocycles. The summed E-state index contributed by atoms with van der Waals surface area (Å²) in [5.41, 5.74) is 5.21. The molecule has 2 N–H and O–H groups in total. The molecule has 0 radical (unpaired) electrons. The number of hydrogen-bond donors (Lipinski definition) is 1. The topological polar surface area (TPSA) is 38.5 Å². The Hall–Kier alpha value is -0.330. The van der Waals surface area contributed by atoms with Gasteiger partial charge in [-0.2, -0.15) is 13.2 Å². The quantitative estimate of drug-likeness (QED) is 0.806. The standard InChI is InChI=1S/C10H19F3N2O/c1-2-16-8-4-3-5-15(7-8)9(6-14)10(11,12)13/h8-9H,2-7,14H2,1H3. The van der Waals surface area contributed by atoms with Gasteiger partial charge in [0.2, 0.25) is 0 Å². The highest BCUT2D eigenvalue weighted by Gasteiger charge is 2.43. The summed E-state index contributed by atoms with van der Waals surface area (Å²) in [6, 6.07) is -1.53. The lowest BCUT2D eigenvalue weighted by Gasteiger charge is -2.38. The van der Waals surface area contributed by atoms with E-state index in [-0.39, 0.29) is 12.6 Å². The molecule has 0 aromatic carbocycles.